The standard InChI is InChI=1S/C16H22N4O3S/c1-22-14-9-11-12(10-15(14)23-2)18-4-3-13(11)20-5-7-24(8-6-20)19-16(17)21/h3-4,9-10,24H,5-8H2,1-2H3,(H3,17,19,21). The van der Waals surface area contributed by atoms with E-state index in [2.05, 4.69) is 14.6 Å². The summed E-state index contributed by atoms with van der Waals surface area (Å²) < 4.78 is 13.6. The van der Waals surface area contributed by atoms with E-state index in [9.17, 15) is 4.79 Å². The van der Waals surface area contributed by atoms with Crippen molar-refractivity contribution >= 4 is 33.7 Å². The van der Waals surface area contributed by atoms with Crippen LogP contribution in [0.5, 0.6) is 11.5 Å². The average molecular weight is 350 g/mol. The zero-order chi connectivity index (χ0) is 17.1. The van der Waals surface area contributed by atoms with Crippen LogP contribution < -0.4 is 24.8 Å². The number of primary amides is 1. The van der Waals surface area contributed by atoms with E-state index >= 15 is 0 Å². The van der Waals surface area contributed by atoms with Gasteiger partial charge in [-0.3, -0.25) is 4.98 Å². The predicted octanol–water partition coefficient (Wildman–Crippen LogP) is 1.66. The van der Waals surface area contributed by atoms with Crippen molar-refractivity contribution in [2.24, 2.45) is 5.73 Å². The van der Waals surface area contributed by atoms with Crippen LogP contribution in [-0.4, -0.2) is 49.8 Å². The smallest absolute Gasteiger partial charge is 0.320 e. The second kappa shape index (κ2) is 7.04. The molecule has 2 amide bonds. The molecule has 1 aliphatic rings. The second-order valence-electron chi connectivity index (χ2n) is 5.50. The molecule has 0 saturated carbocycles. The third-order valence-electron chi connectivity index (χ3n) is 4.11. The molecule has 0 bridgehead atoms. The van der Waals surface area contributed by atoms with E-state index in [1.165, 1.54) is 0 Å². The number of methoxy groups -OCH3 is 2. The molecule has 0 radical (unpaired) electrons. The maximum atomic E-state index is 11.0. The fourth-order valence-electron chi connectivity index (χ4n) is 2.95. The molecule has 2 heterocycles. The highest BCUT2D eigenvalue weighted by molar-refractivity contribution is 8.15. The van der Waals surface area contributed by atoms with E-state index in [-0.39, 0.29) is 0 Å². The summed E-state index contributed by atoms with van der Waals surface area (Å²) in [6.07, 6.45) is 1.81. The molecule has 0 aliphatic carbocycles. The lowest BCUT2D eigenvalue weighted by Crippen LogP contribution is -2.40. The van der Waals surface area contributed by atoms with Crippen molar-refractivity contribution in [3.63, 3.8) is 0 Å². The van der Waals surface area contributed by atoms with Crippen molar-refractivity contribution < 1.29 is 14.3 Å². The number of carbonyl (C=O) groups is 1. The van der Waals surface area contributed by atoms with Crippen LogP contribution in [0.15, 0.2) is 24.4 Å². The molecule has 1 fully saturated rings. The van der Waals surface area contributed by atoms with Crippen molar-refractivity contribution in [2.45, 2.75) is 0 Å². The zero-order valence-electron chi connectivity index (χ0n) is 13.8. The van der Waals surface area contributed by atoms with Gasteiger partial charge in [-0.1, -0.05) is 0 Å². The van der Waals surface area contributed by atoms with Gasteiger partial charge in [-0.15, -0.1) is 0 Å². The fourth-order valence-corrected chi connectivity index (χ4v) is 4.67. The van der Waals surface area contributed by atoms with E-state index in [1.54, 1.807) is 14.2 Å². The number of aromatic nitrogens is 1. The zero-order valence-corrected chi connectivity index (χ0v) is 14.7. The second-order valence-corrected chi connectivity index (χ2v) is 7.70. The van der Waals surface area contributed by atoms with Crippen LogP contribution in [0.2, 0.25) is 0 Å². The van der Waals surface area contributed by atoms with Gasteiger partial charge in [0.15, 0.2) is 11.5 Å². The number of nitrogens with zero attached hydrogens (tertiary/aromatic N) is 2. The molecule has 8 heteroatoms. The third kappa shape index (κ3) is 3.28. The van der Waals surface area contributed by atoms with Gasteiger partial charge in [0.05, 0.1) is 19.7 Å². The minimum atomic E-state index is -0.515. The van der Waals surface area contributed by atoms with Gasteiger partial charge in [0, 0.05) is 47.9 Å². The van der Waals surface area contributed by atoms with E-state index in [4.69, 9.17) is 15.2 Å². The number of hydrogen-bond acceptors (Lipinski definition) is 5. The van der Waals surface area contributed by atoms with E-state index < -0.39 is 17.1 Å². The number of pyridine rings is 1. The first-order valence-corrected chi connectivity index (χ1v) is 9.40. The molecular weight excluding hydrogens is 328 g/mol. The van der Waals surface area contributed by atoms with Gasteiger partial charge in [-0.2, -0.15) is 11.1 Å². The number of rotatable bonds is 4. The minimum absolute atomic E-state index is 0.430. The number of thiol groups is 1. The monoisotopic (exact) mass is 350 g/mol. The maximum absolute atomic E-state index is 11.0. The predicted molar refractivity (Wildman–Crippen MR) is 98.5 cm³/mol. The Labute approximate surface area is 143 Å². The summed E-state index contributed by atoms with van der Waals surface area (Å²) >= 11 is -0.515. The number of amides is 2. The number of fused-ring (bicyclic) bond motifs is 1. The summed E-state index contributed by atoms with van der Waals surface area (Å²) in [4.78, 5) is 17.8. The van der Waals surface area contributed by atoms with Crippen molar-refractivity contribution in [1.29, 1.82) is 0 Å². The highest BCUT2D eigenvalue weighted by Crippen LogP contribution is 2.37. The lowest BCUT2D eigenvalue weighted by molar-refractivity contribution is 0.254. The van der Waals surface area contributed by atoms with Gasteiger partial charge >= 0.3 is 6.03 Å². The number of urea groups is 1. The average Bonchev–Trinajstić information content (AvgIpc) is 2.60. The normalized spacial score (nSPS) is 16.1. The van der Waals surface area contributed by atoms with Gasteiger partial charge < -0.3 is 24.8 Å². The fraction of sp³-hybridized carbons (Fsp3) is 0.375. The summed E-state index contributed by atoms with van der Waals surface area (Å²) in [6.45, 7) is 1.75. The third-order valence-corrected chi connectivity index (χ3v) is 6.13. The molecular formula is C16H22N4O3S. The van der Waals surface area contributed by atoms with E-state index in [1.807, 2.05) is 24.4 Å². The highest BCUT2D eigenvalue weighted by atomic mass is 32.2. The van der Waals surface area contributed by atoms with Gasteiger partial charge in [-0.05, 0) is 12.1 Å². The van der Waals surface area contributed by atoms with Gasteiger partial charge in [-0.25, -0.2) is 4.79 Å². The number of ether oxygens (including phenoxy) is 2. The molecule has 1 saturated heterocycles. The van der Waals surface area contributed by atoms with Crippen LogP contribution >= 0.6 is 11.1 Å². The molecule has 24 heavy (non-hydrogen) atoms. The molecule has 1 aromatic carbocycles. The molecule has 0 atom stereocenters. The van der Waals surface area contributed by atoms with Crippen molar-refractivity contribution in [3.8, 4) is 11.5 Å². The molecule has 3 N–H and O–H groups in total. The van der Waals surface area contributed by atoms with Gasteiger partial charge in [0.2, 0.25) is 0 Å². The maximum Gasteiger partial charge on any atom is 0.320 e. The molecule has 1 aromatic heterocycles. The van der Waals surface area contributed by atoms with E-state index in [0.29, 0.717) is 11.5 Å². The Morgan fingerprint density at radius 1 is 1.25 bits per heavy atom. The molecule has 7 nitrogen and oxygen atoms in total. The highest BCUT2D eigenvalue weighted by Gasteiger charge is 2.20. The largest absolute Gasteiger partial charge is 0.493 e. The van der Waals surface area contributed by atoms with Crippen LogP contribution in [0.3, 0.4) is 0 Å². The quantitative estimate of drug-likeness (QED) is 0.730. The van der Waals surface area contributed by atoms with E-state index in [0.717, 1.165) is 41.2 Å². The van der Waals surface area contributed by atoms with Crippen molar-refractivity contribution in [1.82, 2.24) is 9.71 Å². The topological polar surface area (TPSA) is 89.7 Å². The summed E-state index contributed by atoms with van der Waals surface area (Å²) in [5.74, 6) is 3.21. The molecule has 130 valence electrons. The number of benzene rings is 1. The molecule has 1 aliphatic heterocycles. The van der Waals surface area contributed by atoms with Crippen molar-refractivity contribution in [2.75, 3.05) is 43.7 Å². The lowest BCUT2D eigenvalue weighted by atomic mass is 10.1. The molecule has 0 unspecified atom stereocenters. The molecule has 2 aromatic rings. The lowest BCUT2D eigenvalue weighted by Gasteiger charge is -2.36. The summed E-state index contributed by atoms with van der Waals surface area (Å²) in [7, 11) is 3.25. The Morgan fingerprint density at radius 3 is 2.54 bits per heavy atom. The number of carbonyl (C=O) groups excluding carboxylic acids is 1. The summed E-state index contributed by atoms with van der Waals surface area (Å²) in [5.41, 5.74) is 7.21. The van der Waals surface area contributed by atoms with Crippen LogP contribution in [-0.2, 0) is 0 Å². The summed E-state index contributed by atoms with van der Waals surface area (Å²) in [6, 6.07) is 5.45. The first-order chi connectivity index (χ1) is 11.6. The van der Waals surface area contributed by atoms with Crippen LogP contribution in [0.1, 0.15) is 0 Å². The van der Waals surface area contributed by atoms with Crippen LogP contribution in [0.4, 0.5) is 10.5 Å². The van der Waals surface area contributed by atoms with Gasteiger partial charge in [0.25, 0.3) is 0 Å². The Balaban J connectivity index is 1.89. The number of nitrogens with one attached hydrogen (secondary N) is 1. The van der Waals surface area contributed by atoms with Crippen LogP contribution in [0.25, 0.3) is 10.9 Å². The Morgan fingerprint density at radius 2 is 1.92 bits per heavy atom. The number of nitrogens with two attached hydrogens (primary N) is 1. The summed E-state index contributed by atoms with van der Waals surface area (Å²) in [5, 5.41) is 1.03. The number of anilines is 1. The van der Waals surface area contributed by atoms with Crippen LogP contribution in [0, 0.1) is 0 Å². The van der Waals surface area contributed by atoms with Crippen molar-refractivity contribution in [3.05, 3.63) is 24.4 Å². The first kappa shape index (κ1) is 16.5. The first-order valence-electron chi connectivity index (χ1n) is 7.69. The minimum Gasteiger partial charge on any atom is -0.493 e. The molecule has 0 spiro atoms. The molecule has 3 rings (SSSR count). The Kier molecular flexibility index (Phi) is 4.84. The Bertz CT molecular complexity index is 747. The number of hydrogen-bond donors (Lipinski definition) is 3. The SMILES string of the molecule is COc1cc2nccc(N3CC[SH](NC(N)=O)CC3)c2cc1OC. The Hall–Kier alpha value is -2.35. The van der Waals surface area contributed by atoms with Gasteiger partial charge in [0.1, 0.15) is 0 Å².